The van der Waals surface area contributed by atoms with E-state index in [1.807, 2.05) is 32.1 Å². The highest BCUT2D eigenvalue weighted by Crippen LogP contribution is 2.22. The quantitative estimate of drug-likeness (QED) is 0.863. The van der Waals surface area contributed by atoms with Crippen LogP contribution in [0.4, 0.5) is 0 Å². The fraction of sp³-hybridized carbons (Fsp3) is 0.500. The zero-order valence-electron chi connectivity index (χ0n) is 9.74. The first-order valence-corrected chi connectivity index (χ1v) is 5.94. The Morgan fingerprint density at radius 1 is 1.38 bits per heavy atom. The van der Waals surface area contributed by atoms with Crippen LogP contribution in [0.2, 0.25) is 0 Å². The monoisotopic (exact) mass is 238 g/mol. The molecule has 0 radical (unpaired) electrons. The third-order valence-electron chi connectivity index (χ3n) is 2.28. The van der Waals surface area contributed by atoms with Gasteiger partial charge in [0.05, 0.1) is 0 Å². The number of nitrogens with zero attached hydrogens (tertiary/aromatic N) is 3. The largest absolute Gasteiger partial charge is 0.349 e. The number of fused-ring (bicyclic) bond motifs is 1. The molecule has 0 saturated heterocycles. The first-order chi connectivity index (χ1) is 7.50. The maximum Gasteiger partial charge on any atom is 0.263 e. The van der Waals surface area contributed by atoms with Crippen LogP contribution in [-0.4, -0.2) is 26.5 Å². The number of aryl methyl sites for hydroxylation is 2. The Labute approximate surface area is 97.5 Å². The molecular weight excluding hydrogens is 224 g/mol. The molecule has 0 bridgehead atoms. The second kappa shape index (κ2) is 3.86. The van der Waals surface area contributed by atoms with E-state index in [9.17, 15) is 4.79 Å². The van der Waals surface area contributed by atoms with Crippen LogP contribution in [0.1, 0.15) is 35.0 Å². The molecule has 0 aromatic carbocycles. The van der Waals surface area contributed by atoms with E-state index in [1.165, 1.54) is 11.3 Å². The number of hydrogen-bond acceptors (Lipinski definition) is 4. The zero-order chi connectivity index (χ0) is 11.9. The Morgan fingerprint density at radius 2 is 2.06 bits per heavy atom. The van der Waals surface area contributed by atoms with Crippen LogP contribution < -0.4 is 5.32 Å². The van der Waals surface area contributed by atoms with Gasteiger partial charge in [0.2, 0.25) is 4.96 Å². The average molecular weight is 238 g/mol. The zero-order valence-corrected chi connectivity index (χ0v) is 10.6. The Kier molecular flexibility index (Phi) is 2.67. The fourth-order valence-electron chi connectivity index (χ4n) is 1.60. The summed E-state index contributed by atoms with van der Waals surface area (Å²) in [5.74, 6) is 0.773. The molecule has 86 valence electrons. The molecule has 5 nitrogen and oxygen atoms in total. The predicted molar refractivity (Wildman–Crippen MR) is 62.9 cm³/mol. The molecule has 0 aliphatic carbocycles. The third kappa shape index (κ3) is 1.69. The highest BCUT2D eigenvalue weighted by molar-refractivity contribution is 7.19. The molecule has 0 saturated carbocycles. The number of amides is 1. The topological polar surface area (TPSA) is 59.3 Å². The number of rotatable bonds is 2. The van der Waals surface area contributed by atoms with E-state index in [2.05, 4.69) is 15.5 Å². The van der Waals surface area contributed by atoms with E-state index >= 15 is 0 Å². The van der Waals surface area contributed by atoms with Gasteiger partial charge >= 0.3 is 0 Å². The van der Waals surface area contributed by atoms with Gasteiger partial charge in [0.1, 0.15) is 10.7 Å². The Bertz CT molecular complexity index is 540. The minimum absolute atomic E-state index is 0.0394. The summed E-state index contributed by atoms with van der Waals surface area (Å²) < 4.78 is 1.90. The van der Waals surface area contributed by atoms with E-state index in [0.29, 0.717) is 4.88 Å². The van der Waals surface area contributed by atoms with Crippen molar-refractivity contribution in [2.75, 3.05) is 0 Å². The summed E-state index contributed by atoms with van der Waals surface area (Å²) in [5.41, 5.74) is 0.903. The van der Waals surface area contributed by atoms with Crippen LogP contribution >= 0.6 is 11.3 Å². The van der Waals surface area contributed by atoms with E-state index in [-0.39, 0.29) is 11.9 Å². The first-order valence-electron chi connectivity index (χ1n) is 5.12. The van der Waals surface area contributed by atoms with Crippen LogP contribution in [0.15, 0.2) is 0 Å². The molecule has 1 N–H and O–H groups in total. The van der Waals surface area contributed by atoms with E-state index in [0.717, 1.165) is 16.5 Å². The molecule has 2 rings (SSSR count). The minimum atomic E-state index is -0.0394. The van der Waals surface area contributed by atoms with Gasteiger partial charge in [0.25, 0.3) is 5.91 Å². The van der Waals surface area contributed by atoms with Gasteiger partial charge in [-0.05, 0) is 27.7 Å². The Balaban J connectivity index is 2.45. The molecule has 16 heavy (non-hydrogen) atoms. The highest BCUT2D eigenvalue weighted by Gasteiger charge is 2.18. The number of nitrogens with one attached hydrogen (secondary N) is 1. The Morgan fingerprint density at radius 3 is 2.62 bits per heavy atom. The number of thiazole rings is 1. The molecule has 1 amide bonds. The average Bonchev–Trinajstić information content (AvgIpc) is 2.68. The lowest BCUT2D eigenvalue weighted by Crippen LogP contribution is -2.30. The van der Waals surface area contributed by atoms with Gasteiger partial charge in [-0.3, -0.25) is 9.20 Å². The predicted octanol–water partition coefficient (Wildman–Crippen LogP) is 1.55. The molecule has 0 fully saturated rings. The smallest absolute Gasteiger partial charge is 0.263 e. The van der Waals surface area contributed by atoms with E-state index in [1.54, 1.807) is 0 Å². The van der Waals surface area contributed by atoms with Gasteiger partial charge in [-0.15, -0.1) is 10.2 Å². The summed E-state index contributed by atoms with van der Waals surface area (Å²) in [4.78, 5) is 13.4. The van der Waals surface area contributed by atoms with Crippen molar-refractivity contribution in [2.45, 2.75) is 33.7 Å². The van der Waals surface area contributed by atoms with Crippen molar-refractivity contribution in [3.8, 4) is 0 Å². The van der Waals surface area contributed by atoms with Crippen molar-refractivity contribution in [1.82, 2.24) is 19.9 Å². The molecule has 0 atom stereocenters. The standard InChI is InChI=1S/C10H14N4OS/c1-5(2)11-9(15)8-6(3)14-7(4)12-13-10(14)16-8/h5H,1-4H3,(H,11,15). The van der Waals surface area contributed by atoms with Gasteiger partial charge in [-0.1, -0.05) is 11.3 Å². The van der Waals surface area contributed by atoms with Crippen molar-refractivity contribution < 1.29 is 4.79 Å². The Hall–Kier alpha value is -1.43. The van der Waals surface area contributed by atoms with Gasteiger partial charge in [-0.25, -0.2) is 0 Å². The molecule has 0 aliphatic rings. The SMILES string of the molecule is Cc1nnc2sc(C(=O)NC(C)C)c(C)n12. The summed E-state index contributed by atoms with van der Waals surface area (Å²) in [6.07, 6.45) is 0. The lowest BCUT2D eigenvalue weighted by molar-refractivity contribution is 0.0946. The van der Waals surface area contributed by atoms with Crippen molar-refractivity contribution in [3.63, 3.8) is 0 Å². The van der Waals surface area contributed by atoms with Crippen molar-refractivity contribution >= 4 is 22.2 Å². The fourth-order valence-corrected chi connectivity index (χ4v) is 2.62. The molecule has 6 heteroatoms. The number of carbonyl (C=O) groups is 1. The van der Waals surface area contributed by atoms with Crippen molar-refractivity contribution in [2.24, 2.45) is 0 Å². The summed E-state index contributed by atoms with van der Waals surface area (Å²) >= 11 is 1.37. The summed E-state index contributed by atoms with van der Waals surface area (Å²) in [7, 11) is 0. The summed E-state index contributed by atoms with van der Waals surface area (Å²) in [6, 6.07) is 0.139. The molecule has 2 aromatic rings. The molecular formula is C10H14N4OS. The maximum absolute atomic E-state index is 11.9. The van der Waals surface area contributed by atoms with Crippen molar-refractivity contribution in [3.05, 3.63) is 16.4 Å². The van der Waals surface area contributed by atoms with Gasteiger partial charge < -0.3 is 5.32 Å². The molecule has 2 heterocycles. The number of carbonyl (C=O) groups excluding carboxylic acids is 1. The highest BCUT2D eigenvalue weighted by atomic mass is 32.1. The maximum atomic E-state index is 11.9. The second-order valence-corrected chi connectivity index (χ2v) is 4.99. The van der Waals surface area contributed by atoms with Crippen molar-refractivity contribution in [1.29, 1.82) is 0 Å². The number of aromatic nitrogens is 3. The second-order valence-electron chi connectivity index (χ2n) is 4.01. The lowest BCUT2D eigenvalue weighted by atomic mass is 10.3. The number of hydrogen-bond donors (Lipinski definition) is 1. The normalized spacial score (nSPS) is 11.3. The van der Waals surface area contributed by atoms with Crippen LogP contribution in [-0.2, 0) is 0 Å². The van der Waals surface area contributed by atoms with Gasteiger partial charge in [0, 0.05) is 11.7 Å². The first kappa shape index (κ1) is 11.1. The van der Waals surface area contributed by atoms with Gasteiger partial charge in [0.15, 0.2) is 0 Å². The van der Waals surface area contributed by atoms with Crippen LogP contribution in [0.25, 0.3) is 4.96 Å². The molecule has 0 spiro atoms. The molecule has 2 aromatic heterocycles. The minimum Gasteiger partial charge on any atom is -0.349 e. The third-order valence-corrected chi connectivity index (χ3v) is 3.41. The van der Waals surface area contributed by atoms with Crippen LogP contribution in [0.5, 0.6) is 0 Å². The van der Waals surface area contributed by atoms with Crippen LogP contribution in [0, 0.1) is 13.8 Å². The van der Waals surface area contributed by atoms with Crippen LogP contribution in [0.3, 0.4) is 0 Å². The molecule has 0 aliphatic heterocycles. The summed E-state index contributed by atoms with van der Waals surface area (Å²) in [5, 5.41) is 10.9. The van der Waals surface area contributed by atoms with Gasteiger partial charge in [-0.2, -0.15) is 0 Å². The molecule has 0 unspecified atom stereocenters. The summed E-state index contributed by atoms with van der Waals surface area (Å²) in [6.45, 7) is 7.68. The van der Waals surface area contributed by atoms with E-state index < -0.39 is 0 Å². The lowest BCUT2D eigenvalue weighted by Gasteiger charge is -2.06. The van der Waals surface area contributed by atoms with E-state index in [4.69, 9.17) is 0 Å².